The monoisotopic (exact) mass is 153 g/mol. The molecule has 1 aliphatic heterocycles. The van der Waals surface area contributed by atoms with E-state index in [9.17, 15) is 4.79 Å². The molecule has 11 heavy (non-hydrogen) atoms. The summed E-state index contributed by atoms with van der Waals surface area (Å²) in [5, 5.41) is 2.93. The van der Waals surface area contributed by atoms with Crippen LogP contribution in [0.15, 0.2) is 11.1 Å². The van der Waals surface area contributed by atoms with Crippen molar-refractivity contribution in [3.63, 3.8) is 0 Å². The lowest BCUT2D eigenvalue weighted by Gasteiger charge is -2.15. The number of hydrogen-bond donors (Lipinski definition) is 1. The third-order valence-electron chi connectivity index (χ3n) is 1.95. The van der Waals surface area contributed by atoms with E-state index in [2.05, 4.69) is 5.32 Å². The molecule has 0 unspecified atom stereocenters. The molecule has 0 aliphatic carbocycles. The van der Waals surface area contributed by atoms with E-state index in [0.717, 1.165) is 17.6 Å². The first-order valence-corrected chi connectivity index (χ1v) is 3.91. The maximum atomic E-state index is 11.3. The number of rotatable bonds is 0. The van der Waals surface area contributed by atoms with Crippen LogP contribution in [0.2, 0.25) is 0 Å². The first-order valence-electron chi connectivity index (χ1n) is 3.91. The summed E-state index contributed by atoms with van der Waals surface area (Å²) in [7, 11) is 0. The van der Waals surface area contributed by atoms with Crippen LogP contribution in [0.4, 0.5) is 0 Å². The highest BCUT2D eigenvalue weighted by Gasteiger charge is 2.32. The number of amides is 1. The van der Waals surface area contributed by atoms with Gasteiger partial charge in [-0.1, -0.05) is 5.57 Å². The summed E-state index contributed by atoms with van der Waals surface area (Å²) >= 11 is 0. The molecule has 1 amide bonds. The molecule has 0 atom stereocenters. The van der Waals surface area contributed by atoms with Crippen molar-refractivity contribution in [1.82, 2.24) is 5.32 Å². The van der Waals surface area contributed by atoms with Crippen LogP contribution in [0.25, 0.3) is 0 Å². The smallest absolute Gasteiger partial charge is 0.247 e. The molecule has 2 nitrogen and oxygen atoms in total. The first-order chi connectivity index (χ1) is 4.92. The molecule has 0 saturated carbocycles. The average molecular weight is 153 g/mol. The van der Waals surface area contributed by atoms with E-state index < -0.39 is 0 Å². The van der Waals surface area contributed by atoms with Crippen LogP contribution in [-0.2, 0) is 4.79 Å². The molecule has 1 N–H and O–H groups in total. The minimum atomic E-state index is -0.0380. The van der Waals surface area contributed by atoms with Gasteiger partial charge in [0.2, 0.25) is 5.91 Å². The van der Waals surface area contributed by atoms with Crippen molar-refractivity contribution in [2.75, 3.05) is 0 Å². The predicted octanol–water partition coefficient (Wildman–Crippen LogP) is 1.62. The standard InChI is InChI=1S/C9H15NO/c1-6(2)7-5-9(3,4)10-8(7)11/h5H2,1-4H3,(H,10,11). The number of carbonyl (C=O) groups is 1. The van der Waals surface area contributed by atoms with E-state index in [4.69, 9.17) is 0 Å². The highest BCUT2D eigenvalue weighted by atomic mass is 16.2. The normalized spacial score (nSPS) is 21.8. The zero-order chi connectivity index (χ0) is 8.65. The number of carbonyl (C=O) groups excluding carboxylic acids is 1. The van der Waals surface area contributed by atoms with Crippen LogP contribution in [0.3, 0.4) is 0 Å². The fourth-order valence-electron chi connectivity index (χ4n) is 1.35. The second kappa shape index (κ2) is 2.36. The van der Waals surface area contributed by atoms with Crippen LogP contribution in [0.1, 0.15) is 34.1 Å². The summed E-state index contributed by atoms with van der Waals surface area (Å²) in [6, 6.07) is 0. The molecule has 1 aliphatic rings. The van der Waals surface area contributed by atoms with Crippen LogP contribution in [0, 0.1) is 0 Å². The van der Waals surface area contributed by atoms with E-state index in [1.165, 1.54) is 0 Å². The quantitative estimate of drug-likeness (QED) is 0.526. The molecule has 1 saturated heterocycles. The number of nitrogens with one attached hydrogen (secondary N) is 1. The van der Waals surface area contributed by atoms with Crippen molar-refractivity contribution >= 4 is 5.91 Å². The summed E-state index contributed by atoms with van der Waals surface area (Å²) in [4.78, 5) is 11.3. The molecule has 0 bridgehead atoms. The maximum Gasteiger partial charge on any atom is 0.247 e. The van der Waals surface area contributed by atoms with Gasteiger partial charge >= 0.3 is 0 Å². The Morgan fingerprint density at radius 3 is 2.18 bits per heavy atom. The second-order valence-corrected chi connectivity index (χ2v) is 3.99. The minimum absolute atomic E-state index is 0.0380. The van der Waals surface area contributed by atoms with E-state index in [1.807, 2.05) is 27.7 Å². The SMILES string of the molecule is CC(C)=C1CC(C)(C)NC1=O. The lowest BCUT2D eigenvalue weighted by atomic mass is 9.99. The van der Waals surface area contributed by atoms with Crippen molar-refractivity contribution in [2.45, 2.75) is 39.7 Å². The number of allylic oxidation sites excluding steroid dienone is 1. The molecule has 62 valence electrons. The Morgan fingerprint density at radius 1 is 1.45 bits per heavy atom. The van der Waals surface area contributed by atoms with E-state index >= 15 is 0 Å². The zero-order valence-electron chi connectivity index (χ0n) is 7.62. The Balaban J connectivity index is 2.92. The summed E-state index contributed by atoms with van der Waals surface area (Å²) in [6.07, 6.45) is 0.855. The van der Waals surface area contributed by atoms with Crippen molar-refractivity contribution in [3.05, 3.63) is 11.1 Å². The lowest BCUT2D eigenvalue weighted by Crippen LogP contribution is -2.34. The van der Waals surface area contributed by atoms with Crippen LogP contribution < -0.4 is 5.32 Å². The van der Waals surface area contributed by atoms with Crippen molar-refractivity contribution < 1.29 is 4.79 Å². The van der Waals surface area contributed by atoms with Gasteiger partial charge in [-0.25, -0.2) is 0 Å². The lowest BCUT2D eigenvalue weighted by molar-refractivity contribution is -0.117. The Morgan fingerprint density at radius 2 is 2.00 bits per heavy atom. The van der Waals surface area contributed by atoms with E-state index in [-0.39, 0.29) is 11.4 Å². The van der Waals surface area contributed by atoms with Gasteiger partial charge in [0.15, 0.2) is 0 Å². The first kappa shape index (κ1) is 8.31. The van der Waals surface area contributed by atoms with Gasteiger partial charge in [-0.3, -0.25) is 4.79 Å². The molecule has 0 aromatic rings. The molecule has 1 rings (SSSR count). The third-order valence-corrected chi connectivity index (χ3v) is 1.95. The largest absolute Gasteiger partial charge is 0.347 e. The summed E-state index contributed by atoms with van der Waals surface area (Å²) in [5.41, 5.74) is 2.05. The van der Waals surface area contributed by atoms with Gasteiger partial charge in [0.1, 0.15) is 0 Å². The van der Waals surface area contributed by atoms with Crippen molar-refractivity contribution in [3.8, 4) is 0 Å². The fourth-order valence-corrected chi connectivity index (χ4v) is 1.35. The minimum Gasteiger partial charge on any atom is -0.347 e. The number of hydrogen-bond acceptors (Lipinski definition) is 1. The van der Waals surface area contributed by atoms with E-state index in [0.29, 0.717) is 0 Å². The van der Waals surface area contributed by atoms with Gasteiger partial charge in [0.25, 0.3) is 0 Å². The van der Waals surface area contributed by atoms with Crippen molar-refractivity contribution in [1.29, 1.82) is 0 Å². The third kappa shape index (κ3) is 1.62. The zero-order valence-corrected chi connectivity index (χ0v) is 7.62. The summed E-state index contributed by atoms with van der Waals surface area (Å²) < 4.78 is 0. The van der Waals surface area contributed by atoms with Gasteiger partial charge in [-0.05, 0) is 27.7 Å². The highest BCUT2D eigenvalue weighted by molar-refractivity contribution is 5.97. The fraction of sp³-hybridized carbons (Fsp3) is 0.667. The van der Waals surface area contributed by atoms with E-state index in [1.54, 1.807) is 0 Å². The second-order valence-electron chi connectivity index (χ2n) is 3.99. The Hall–Kier alpha value is -0.790. The molecule has 0 radical (unpaired) electrons. The molecule has 1 heterocycles. The average Bonchev–Trinajstić information content (AvgIpc) is 2.05. The van der Waals surface area contributed by atoms with Gasteiger partial charge in [0, 0.05) is 17.5 Å². The molecule has 2 heteroatoms. The Kier molecular flexibility index (Phi) is 1.78. The predicted molar refractivity (Wildman–Crippen MR) is 45.2 cm³/mol. The van der Waals surface area contributed by atoms with Crippen LogP contribution >= 0.6 is 0 Å². The van der Waals surface area contributed by atoms with Crippen molar-refractivity contribution in [2.24, 2.45) is 0 Å². The Labute approximate surface area is 67.7 Å². The van der Waals surface area contributed by atoms with Crippen LogP contribution in [0.5, 0.6) is 0 Å². The summed E-state index contributed by atoms with van der Waals surface area (Å²) in [5.74, 6) is 0.106. The summed E-state index contributed by atoms with van der Waals surface area (Å²) in [6.45, 7) is 8.05. The van der Waals surface area contributed by atoms with Gasteiger partial charge < -0.3 is 5.32 Å². The molecular formula is C9H15NO. The topological polar surface area (TPSA) is 29.1 Å². The van der Waals surface area contributed by atoms with Crippen LogP contribution in [-0.4, -0.2) is 11.4 Å². The molecule has 1 fully saturated rings. The molecule has 0 aromatic heterocycles. The van der Waals surface area contributed by atoms with Gasteiger partial charge in [0.05, 0.1) is 0 Å². The molecule has 0 aromatic carbocycles. The van der Waals surface area contributed by atoms with Gasteiger partial charge in [-0.15, -0.1) is 0 Å². The van der Waals surface area contributed by atoms with Gasteiger partial charge in [-0.2, -0.15) is 0 Å². The highest BCUT2D eigenvalue weighted by Crippen LogP contribution is 2.25. The molecular weight excluding hydrogens is 138 g/mol. The Bertz CT molecular complexity index is 222. The molecule has 0 spiro atoms. The maximum absolute atomic E-state index is 11.3.